The fourth-order valence-corrected chi connectivity index (χ4v) is 2.73. The van der Waals surface area contributed by atoms with Gasteiger partial charge in [-0.3, -0.25) is 4.68 Å². The van der Waals surface area contributed by atoms with Gasteiger partial charge in [-0.1, -0.05) is 35.8 Å². The molecule has 0 amide bonds. The monoisotopic (exact) mass is 258 g/mol. The van der Waals surface area contributed by atoms with Crippen molar-refractivity contribution in [1.82, 2.24) is 9.78 Å². The Balaban J connectivity index is 1.93. The van der Waals surface area contributed by atoms with Crippen LogP contribution in [0.4, 0.5) is 8.78 Å². The van der Waals surface area contributed by atoms with Crippen molar-refractivity contribution in [2.24, 2.45) is 5.92 Å². The molecule has 5 heteroatoms. The summed E-state index contributed by atoms with van der Waals surface area (Å²) in [6, 6.07) is 9.45. The highest BCUT2D eigenvalue weighted by atomic mass is 19.3. The predicted octanol–water partition coefficient (Wildman–Crippen LogP) is 2.31. The van der Waals surface area contributed by atoms with Gasteiger partial charge in [0.25, 0.3) is 0 Å². The highest BCUT2D eigenvalue weighted by Gasteiger charge is 2.49. The molecule has 96 valence electrons. The van der Waals surface area contributed by atoms with Crippen molar-refractivity contribution in [1.29, 1.82) is 0 Å². The minimum Gasteiger partial charge on any atom is -0.266 e. The lowest BCUT2D eigenvalue weighted by molar-refractivity contribution is -0.120. The summed E-state index contributed by atoms with van der Waals surface area (Å²) < 4.78 is 28.0. The van der Waals surface area contributed by atoms with Gasteiger partial charge in [-0.2, -0.15) is 5.10 Å². The molecule has 1 unspecified atom stereocenters. The number of benzene rings is 1. The number of aromatic nitrogens is 2. The second kappa shape index (κ2) is 4.47. The van der Waals surface area contributed by atoms with Crippen LogP contribution in [0.25, 0.3) is 0 Å². The van der Waals surface area contributed by atoms with E-state index in [9.17, 15) is 8.78 Å². The van der Waals surface area contributed by atoms with Crippen molar-refractivity contribution in [3.05, 3.63) is 48.3 Å². The van der Waals surface area contributed by atoms with E-state index < -0.39 is 5.92 Å². The largest absolute Gasteiger partial charge is 0.266 e. The molecule has 1 aliphatic rings. The molecular weight excluding hydrogens is 245 g/mol. The van der Waals surface area contributed by atoms with E-state index in [2.05, 4.69) is 5.10 Å². The van der Waals surface area contributed by atoms with Crippen LogP contribution in [0.2, 0.25) is 0 Å². The molecule has 2 nitrogen and oxygen atoms in total. The van der Waals surface area contributed by atoms with Gasteiger partial charge in [0, 0.05) is 25.2 Å². The fourth-order valence-electron chi connectivity index (χ4n) is 2.73. The van der Waals surface area contributed by atoms with Crippen molar-refractivity contribution >= 4 is 13.3 Å². The lowest BCUT2D eigenvalue weighted by Gasteiger charge is -2.40. The second-order valence-corrected chi connectivity index (χ2v) is 5.13. The van der Waals surface area contributed by atoms with Crippen molar-refractivity contribution in [2.75, 3.05) is 0 Å². The van der Waals surface area contributed by atoms with Crippen LogP contribution in [0.1, 0.15) is 24.4 Å². The van der Waals surface area contributed by atoms with E-state index in [4.69, 9.17) is 7.85 Å². The molecule has 2 radical (unpaired) electrons. The zero-order valence-electron chi connectivity index (χ0n) is 10.3. The van der Waals surface area contributed by atoms with Gasteiger partial charge in [0.05, 0.1) is 6.04 Å². The third-order valence-corrected chi connectivity index (χ3v) is 3.62. The normalized spacial score (nSPS) is 19.9. The van der Waals surface area contributed by atoms with E-state index in [1.54, 1.807) is 17.1 Å². The molecule has 1 saturated carbocycles. The second-order valence-electron chi connectivity index (χ2n) is 5.13. The molecule has 3 rings (SSSR count). The SMILES string of the molecule is [B]c1cnn(C(c2ccccc2)C2CC(F)(F)C2)c1. The molecule has 2 aromatic rings. The number of alkyl halides is 2. The van der Waals surface area contributed by atoms with Crippen molar-refractivity contribution in [3.63, 3.8) is 0 Å². The molecule has 0 bridgehead atoms. The number of halogens is 2. The van der Waals surface area contributed by atoms with Crippen LogP contribution in [0, 0.1) is 5.92 Å². The Morgan fingerprint density at radius 3 is 2.47 bits per heavy atom. The summed E-state index contributed by atoms with van der Waals surface area (Å²) in [7, 11) is 5.68. The molecule has 1 fully saturated rings. The average Bonchev–Trinajstić information content (AvgIpc) is 2.75. The summed E-state index contributed by atoms with van der Waals surface area (Å²) in [5, 5.41) is 4.19. The summed E-state index contributed by atoms with van der Waals surface area (Å²) in [4.78, 5) is 0. The molecular formula is C14H13BF2N2. The zero-order valence-corrected chi connectivity index (χ0v) is 10.3. The van der Waals surface area contributed by atoms with Gasteiger partial charge in [0.1, 0.15) is 7.85 Å². The topological polar surface area (TPSA) is 17.8 Å². The maximum atomic E-state index is 13.1. The highest BCUT2D eigenvalue weighted by molar-refractivity contribution is 6.31. The molecule has 0 N–H and O–H groups in total. The smallest absolute Gasteiger partial charge is 0.248 e. The molecule has 0 spiro atoms. The van der Waals surface area contributed by atoms with Crippen LogP contribution < -0.4 is 5.46 Å². The van der Waals surface area contributed by atoms with Crippen LogP contribution in [-0.2, 0) is 0 Å². The number of hydrogen-bond donors (Lipinski definition) is 0. The highest BCUT2D eigenvalue weighted by Crippen LogP contribution is 2.49. The van der Waals surface area contributed by atoms with E-state index in [1.165, 1.54) is 0 Å². The summed E-state index contributed by atoms with van der Waals surface area (Å²) in [6.07, 6.45) is 3.07. The maximum Gasteiger partial charge on any atom is 0.248 e. The molecule has 1 atom stereocenters. The minimum atomic E-state index is -2.53. The molecule has 1 aliphatic carbocycles. The van der Waals surface area contributed by atoms with Crippen molar-refractivity contribution in [2.45, 2.75) is 24.8 Å². The standard InChI is InChI=1S/C14H13BF2N2/c15-12-8-18-19(9-12)13(10-4-2-1-3-5-10)11-6-14(16,17)7-11/h1-5,8-9,11,13H,6-7H2. The average molecular weight is 258 g/mol. The van der Waals surface area contributed by atoms with Gasteiger partial charge in [-0.15, -0.1) is 0 Å². The first-order valence-electron chi connectivity index (χ1n) is 6.27. The van der Waals surface area contributed by atoms with Crippen LogP contribution >= 0.6 is 0 Å². The lowest BCUT2D eigenvalue weighted by atomic mass is 9.74. The van der Waals surface area contributed by atoms with Gasteiger partial charge in [-0.25, -0.2) is 8.78 Å². The van der Waals surface area contributed by atoms with Gasteiger partial charge >= 0.3 is 0 Å². The van der Waals surface area contributed by atoms with E-state index in [0.717, 1.165) is 5.56 Å². The van der Waals surface area contributed by atoms with Gasteiger partial charge in [0.2, 0.25) is 5.92 Å². The Bertz CT molecular complexity index is 560. The van der Waals surface area contributed by atoms with Crippen LogP contribution in [-0.4, -0.2) is 23.5 Å². The number of hydrogen-bond acceptors (Lipinski definition) is 1. The molecule has 0 saturated heterocycles. The quantitative estimate of drug-likeness (QED) is 0.772. The Morgan fingerprint density at radius 2 is 1.95 bits per heavy atom. The zero-order chi connectivity index (χ0) is 13.5. The summed E-state index contributed by atoms with van der Waals surface area (Å²) >= 11 is 0. The summed E-state index contributed by atoms with van der Waals surface area (Å²) in [6.45, 7) is 0. The molecule has 1 aromatic carbocycles. The van der Waals surface area contributed by atoms with Crippen LogP contribution in [0.3, 0.4) is 0 Å². The van der Waals surface area contributed by atoms with Crippen LogP contribution in [0.15, 0.2) is 42.7 Å². The maximum absolute atomic E-state index is 13.1. The Hall–Kier alpha value is -1.65. The van der Waals surface area contributed by atoms with Crippen molar-refractivity contribution < 1.29 is 8.78 Å². The Kier molecular flexibility index (Phi) is 2.92. The van der Waals surface area contributed by atoms with E-state index in [1.807, 2.05) is 30.3 Å². The molecule has 0 aliphatic heterocycles. The lowest BCUT2D eigenvalue weighted by Crippen LogP contribution is -2.41. The van der Waals surface area contributed by atoms with Gasteiger partial charge in [0.15, 0.2) is 0 Å². The Morgan fingerprint density at radius 1 is 1.26 bits per heavy atom. The van der Waals surface area contributed by atoms with Gasteiger partial charge < -0.3 is 0 Å². The molecule has 1 aromatic heterocycles. The third kappa shape index (κ3) is 2.42. The Labute approximate surface area is 111 Å². The van der Waals surface area contributed by atoms with E-state index >= 15 is 0 Å². The first-order valence-corrected chi connectivity index (χ1v) is 6.27. The summed E-state index contributed by atoms with van der Waals surface area (Å²) in [5.41, 5.74) is 1.54. The molecule has 19 heavy (non-hydrogen) atoms. The summed E-state index contributed by atoms with van der Waals surface area (Å²) in [5.74, 6) is -2.63. The predicted molar refractivity (Wildman–Crippen MR) is 69.9 cm³/mol. The van der Waals surface area contributed by atoms with Crippen LogP contribution in [0.5, 0.6) is 0 Å². The van der Waals surface area contributed by atoms with Gasteiger partial charge in [-0.05, 0) is 11.5 Å². The fraction of sp³-hybridized carbons (Fsp3) is 0.357. The number of nitrogens with zero attached hydrogens (tertiary/aromatic N) is 2. The molecule has 1 heterocycles. The first kappa shape index (κ1) is 12.4. The van der Waals surface area contributed by atoms with E-state index in [-0.39, 0.29) is 24.8 Å². The minimum absolute atomic E-state index is 0.0909. The van der Waals surface area contributed by atoms with Crippen molar-refractivity contribution in [3.8, 4) is 0 Å². The number of rotatable bonds is 3. The van der Waals surface area contributed by atoms with E-state index in [0.29, 0.717) is 5.46 Å². The third-order valence-electron chi connectivity index (χ3n) is 3.62. The first-order chi connectivity index (χ1) is 9.05.